The number of hydrogen-bond donors (Lipinski definition) is 0. The fourth-order valence-corrected chi connectivity index (χ4v) is 2.91. The van der Waals surface area contributed by atoms with Gasteiger partial charge >= 0.3 is 0 Å². The molecule has 1 atom stereocenters. The molecule has 1 aromatic carbocycles. The summed E-state index contributed by atoms with van der Waals surface area (Å²) in [5, 5.41) is 8.78. The summed E-state index contributed by atoms with van der Waals surface area (Å²) in [6.45, 7) is 5.02. The highest BCUT2D eigenvalue weighted by atomic mass is 16.5. The van der Waals surface area contributed by atoms with E-state index >= 15 is 0 Å². The van der Waals surface area contributed by atoms with E-state index in [0.29, 0.717) is 32.8 Å². The maximum absolute atomic E-state index is 12.5. The van der Waals surface area contributed by atoms with Crippen LogP contribution in [-0.4, -0.2) is 70.1 Å². The van der Waals surface area contributed by atoms with Gasteiger partial charge in [0.05, 0.1) is 36.8 Å². The molecule has 0 N–H and O–H groups in total. The van der Waals surface area contributed by atoms with Gasteiger partial charge in [-0.25, -0.2) is 0 Å². The number of morpholine rings is 1. The van der Waals surface area contributed by atoms with Crippen LogP contribution in [0.25, 0.3) is 5.69 Å². The fraction of sp³-hybridized carbons (Fsp3) is 0.500. The zero-order valence-corrected chi connectivity index (χ0v) is 14.8. The van der Waals surface area contributed by atoms with Gasteiger partial charge in [0.1, 0.15) is 0 Å². The lowest BCUT2D eigenvalue weighted by molar-refractivity contribution is -0.139. The number of carbonyl (C=O) groups is 1. The molecule has 7 nitrogen and oxygen atoms in total. The van der Waals surface area contributed by atoms with Gasteiger partial charge in [-0.15, -0.1) is 0 Å². The van der Waals surface area contributed by atoms with E-state index in [1.54, 1.807) is 11.0 Å². The van der Waals surface area contributed by atoms with Gasteiger partial charge in [0, 0.05) is 19.6 Å². The van der Waals surface area contributed by atoms with Crippen LogP contribution < -0.4 is 0 Å². The highest BCUT2D eigenvalue weighted by molar-refractivity contribution is 5.78. The number of carbonyl (C=O) groups excluding carboxylic acids is 1. The van der Waals surface area contributed by atoms with E-state index in [4.69, 9.17) is 4.74 Å². The third-order valence-electron chi connectivity index (χ3n) is 4.31. The van der Waals surface area contributed by atoms with Gasteiger partial charge in [0.25, 0.3) is 0 Å². The Hall–Kier alpha value is -2.25. The van der Waals surface area contributed by atoms with Gasteiger partial charge < -0.3 is 9.64 Å². The predicted molar refractivity (Wildman–Crippen MR) is 94.3 cm³/mol. The van der Waals surface area contributed by atoms with E-state index in [1.807, 2.05) is 47.2 Å². The van der Waals surface area contributed by atoms with E-state index in [1.165, 1.54) is 0 Å². The molecule has 7 heteroatoms. The van der Waals surface area contributed by atoms with Crippen molar-refractivity contribution in [1.29, 1.82) is 0 Å². The maximum Gasteiger partial charge on any atom is 0.236 e. The molecule has 0 bridgehead atoms. The molecule has 1 aromatic heterocycles. The second-order valence-electron chi connectivity index (χ2n) is 6.37. The number of amides is 1. The van der Waals surface area contributed by atoms with Crippen LogP contribution >= 0.6 is 0 Å². The van der Waals surface area contributed by atoms with Gasteiger partial charge in [-0.2, -0.15) is 15.0 Å². The molecule has 0 aliphatic carbocycles. The van der Waals surface area contributed by atoms with Crippen LogP contribution in [0.5, 0.6) is 0 Å². The minimum absolute atomic E-state index is 0.139. The smallest absolute Gasteiger partial charge is 0.236 e. The van der Waals surface area contributed by atoms with Gasteiger partial charge in [-0.05, 0) is 25.6 Å². The van der Waals surface area contributed by atoms with Crippen molar-refractivity contribution in [1.82, 2.24) is 24.8 Å². The normalized spacial score (nSPS) is 17.9. The topological polar surface area (TPSA) is 63.5 Å². The summed E-state index contributed by atoms with van der Waals surface area (Å²) in [4.78, 5) is 18.0. The van der Waals surface area contributed by atoms with Crippen molar-refractivity contribution >= 4 is 5.91 Å². The van der Waals surface area contributed by atoms with Crippen molar-refractivity contribution < 1.29 is 9.53 Å². The van der Waals surface area contributed by atoms with Gasteiger partial charge in [-0.1, -0.05) is 25.1 Å². The van der Waals surface area contributed by atoms with Crippen molar-refractivity contribution in [3.8, 4) is 5.69 Å². The van der Waals surface area contributed by atoms with Crippen LogP contribution in [0.4, 0.5) is 0 Å². The summed E-state index contributed by atoms with van der Waals surface area (Å²) in [7, 11) is 1.93. The second kappa shape index (κ2) is 8.22. The Kier molecular flexibility index (Phi) is 5.78. The first-order valence-corrected chi connectivity index (χ1v) is 8.70. The van der Waals surface area contributed by atoms with Crippen molar-refractivity contribution in [2.75, 3.05) is 33.3 Å². The van der Waals surface area contributed by atoms with E-state index in [2.05, 4.69) is 17.1 Å². The third kappa shape index (κ3) is 4.64. The zero-order valence-electron chi connectivity index (χ0n) is 14.8. The Morgan fingerprint density at radius 3 is 2.92 bits per heavy atom. The molecule has 0 radical (unpaired) electrons. The van der Waals surface area contributed by atoms with Gasteiger partial charge in [0.2, 0.25) is 5.91 Å². The number of hydrogen-bond acceptors (Lipinski definition) is 5. The average Bonchev–Trinajstić information content (AvgIpc) is 3.10. The summed E-state index contributed by atoms with van der Waals surface area (Å²) in [5.41, 5.74) is 1.76. The first kappa shape index (κ1) is 17.6. The molecule has 3 rings (SSSR count). The van der Waals surface area contributed by atoms with Gasteiger partial charge in [-0.3, -0.25) is 9.69 Å². The Bertz CT molecular complexity index is 688. The number of aromatic nitrogens is 3. The highest BCUT2D eigenvalue weighted by Gasteiger charge is 2.23. The Morgan fingerprint density at radius 1 is 1.36 bits per heavy atom. The molecule has 1 saturated heterocycles. The van der Waals surface area contributed by atoms with Crippen LogP contribution in [0.3, 0.4) is 0 Å². The minimum Gasteiger partial charge on any atom is -0.375 e. The van der Waals surface area contributed by atoms with Crippen molar-refractivity contribution in [2.24, 2.45) is 0 Å². The molecule has 134 valence electrons. The maximum atomic E-state index is 12.5. The van der Waals surface area contributed by atoms with Crippen molar-refractivity contribution in [3.63, 3.8) is 0 Å². The number of nitrogens with zero attached hydrogens (tertiary/aromatic N) is 5. The monoisotopic (exact) mass is 343 g/mol. The first-order valence-electron chi connectivity index (χ1n) is 8.70. The minimum atomic E-state index is 0.139. The Morgan fingerprint density at radius 2 is 2.16 bits per heavy atom. The van der Waals surface area contributed by atoms with E-state index < -0.39 is 0 Å². The predicted octanol–water partition coefficient (Wildman–Crippen LogP) is 1.34. The zero-order chi connectivity index (χ0) is 17.6. The molecule has 2 aromatic rings. The first-order chi connectivity index (χ1) is 12.2. The third-order valence-corrected chi connectivity index (χ3v) is 4.31. The number of benzene rings is 1. The van der Waals surface area contributed by atoms with Crippen molar-refractivity contribution in [3.05, 3.63) is 42.2 Å². The Labute approximate surface area is 148 Å². The lowest BCUT2D eigenvalue weighted by Crippen LogP contribution is -2.48. The molecule has 1 aliphatic rings. The largest absolute Gasteiger partial charge is 0.375 e. The fourth-order valence-electron chi connectivity index (χ4n) is 2.91. The number of rotatable bonds is 6. The summed E-state index contributed by atoms with van der Waals surface area (Å²) in [6, 6.07) is 9.78. The molecule has 0 unspecified atom stereocenters. The quantitative estimate of drug-likeness (QED) is 0.792. The molecular formula is C18H25N5O2. The van der Waals surface area contributed by atoms with Crippen LogP contribution in [0, 0.1) is 0 Å². The van der Waals surface area contributed by atoms with Crippen LogP contribution in [0.1, 0.15) is 19.0 Å². The second-order valence-corrected chi connectivity index (χ2v) is 6.37. The standard InChI is InChI=1S/C18H25N5O2/c1-3-17-13-22(9-10-25-17)18(24)14-21(2)12-15-11-19-23(20-15)16-7-5-4-6-8-16/h4-8,11,17H,3,9-10,12-14H2,1-2H3/t17-/m1/s1. The molecule has 1 aliphatic heterocycles. The molecule has 25 heavy (non-hydrogen) atoms. The lowest BCUT2D eigenvalue weighted by Gasteiger charge is -2.33. The van der Waals surface area contributed by atoms with Gasteiger partial charge in [0.15, 0.2) is 0 Å². The summed E-state index contributed by atoms with van der Waals surface area (Å²) < 4.78 is 5.62. The molecule has 0 saturated carbocycles. The molecular weight excluding hydrogens is 318 g/mol. The SMILES string of the molecule is CC[C@@H]1CN(C(=O)CN(C)Cc2cnn(-c3ccccc3)n2)CCO1. The summed E-state index contributed by atoms with van der Waals surface area (Å²) >= 11 is 0. The Balaban J connectivity index is 1.53. The van der Waals surface area contributed by atoms with Crippen LogP contribution in [-0.2, 0) is 16.1 Å². The molecule has 0 spiro atoms. The molecule has 1 amide bonds. The van der Waals surface area contributed by atoms with Crippen LogP contribution in [0.2, 0.25) is 0 Å². The van der Waals surface area contributed by atoms with E-state index in [0.717, 1.165) is 17.8 Å². The number of ether oxygens (including phenoxy) is 1. The van der Waals surface area contributed by atoms with E-state index in [-0.39, 0.29) is 12.0 Å². The summed E-state index contributed by atoms with van der Waals surface area (Å²) in [6.07, 6.45) is 2.84. The number of para-hydroxylation sites is 1. The average molecular weight is 343 g/mol. The molecule has 2 heterocycles. The van der Waals surface area contributed by atoms with E-state index in [9.17, 15) is 4.79 Å². The highest BCUT2D eigenvalue weighted by Crippen LogP contribution is 2.10. The molecule has 1 fully saturated rings. The van der Waals surface area contributed by atoms with Crippen LogP contribution in [0.15, 0.2) is 36.5 Å². The summed E-state index contributed by atoms with van der Waals surface area (Å²) in [5.74, 6) is 0.139. The number of likely N-dealkylation sites (N-methyl/N-ethyl adjacent to an activating group) is 1. The lowest BCUT2D eigenvalue weighted by atomic mass is 10.2. The van der Waals surface area contributed by atoms with Crippen molar-refractivity contribution in [2.45, 2.75) is 26.0 Å².